The van der Waals surface area contributed by atoms with Gasteiger partial charge in [-0.3, -0.25) is 9.20 Å². The average molecular weight is 555 g/mol. The van der Waals surface area contributed by atoms with Crippen molar-refractivity contribution in [3.63, 3.8) is 0 Å². The molecule has 4 aromatic rings. The number of hydrogen-bond acceptors (Lipinski definition) is 7. The average Bonchev–Trinajstić information content (AvgIpc) is 3.57. The van der Waals surface area contributed by atoms with E-state index >= 15 is 0 Å². The smallest absolute Gasteiger partial charge is 0.480 e. The van der Waals surface area contributed by atoms with Crippen LogP contribution in [-0.4, -0.2) is 66.4 Å². The number of aliphatic carboxylic acids is 1. The zero-order chi connectivity index (χ0) is 28.4. The monoisotopic (exact) mass is 555 g/mol. The molecule has 0 radical (unpaired) electrons. The van der Waals surface area contributed by atoms with Crippen LogP contribution in [0.1, 0.15) is 23.3 Å². The van der Waals surface area contributed by atoms with Crippen molar-refractivity contribution in [3.05, 3.63) is 66.6 Å². The molecular formula is C25H20F3N7O5. The Labute approximate surface area is 223 Å². The molecule has 1 aliphatic heterocycles. The van der Waals surface area contributed by atoms with Crippen molar-refractivity contribution in [1.29, 1.82) is 0 Å². The molecule has 1 aliphatic rings. The number of hydrogen-bond donors (Lipinski definition) is 3. The number of nitrogens with zero attached hydrogens (tertiary/aromatic N) is 5. The van der Waals surface area contributed by atoms with Crippen molar-refractivity contribution in [2.45, 2.75) is 25.2 Å². The third kappa shape index (κ3) is 5.48. The number of rotatable bonds is 6. The molecule has 0 saturated carbocycles. The summed E-state index contributed by atoms with van der Waals surface area (Å²) in [5.74, 6) is -1.84. The lowest BCUT2D eigenvalue weighted by Gasteiger charge is -2.20. The van der Waals surface area contributed by atoms with Gasteiger partial charge in [-0.25, -0.2) is 14.6 Å². The molecule has 0 bridgehead atoms. The van der Waals surface area contributed by atoms with Crippen molar-refractivity contribution in [2.75, 3.05) is 17.2 Å². The van der Waals surface area contributed by atoms with Crippen molar-refractivity contribution in [1.82, 2.24) is 24.5 Å². The Morgan fingerprint density at radius 3 is 2.50 bits per heavy atom. The lowest BCUT2D eigenvalue weighted by atomic mass is 10.2. The molecule has 0 spiro atoms. The number of carbonyl (C=O) groups excluding carboxylic acids is 2. The molecule has 0 aliphatic carbocycles. The molecule has 1 saturated heterocycles. The number of carbonyl (C=O) groups is 3. The third-order valence-corrected chi connectivity index (χ3v) is 6.09. The van der Waals surface area contributed by atoms with Crippen molar-refractivity contribution < 1.29 is 37.4 Å². The first-order valence-corrected chi connectivity index (χ1v) is 11.9. The van der Waals surface area contributed by atoms with E-state index in [4.69, 9.17) is 0 Å². The highest BCUT2D eigenvalue weighted by molar-refractivity contribution is 6.01. The number of amides is 3. The van der Waals surface area contributed by atoms with Crippen molar-refractivity contribution in [2.24, 2.45) is 0 Å². The van der Waals surface area contributed by atoms with E-state index in [0.717, 1.165) is 6.07 Å². The summed E-state index contributed by atoms with van der Waals surface area (Å²) < 4.78 is 43.4. The van der Waals surface area contributed by atoms with Crippen LogP contribution in [0.15, 0.2) is 60.9 Å². The number of urea groups is 1. The molecule has 3 amide bonds. The van der Waals surface area contributed by atoms with Crippen molar-refractivity contribution in [3.8, 4) is 17.1 Å². The molecular weight excluding hydrogens is 535 g/mol. The van der Waals surface area contributed by atoms with Gasteiger partial charge in [0.15, 0.2) is 22.9 Å². The fourth-order valence-electron chi connectivity index (χ4n) is 4.35. The fourth-order valence-corrected chi connectivity index (χ4v) is 4.35. The predicted molar refractivity (Wildman–Crippen MR) is 134 cm³/mol. The van der Waals surface area contributed by atoms with Gasteiger partial charge in [0.2, 0.25) is 0 Å². The van der Waals surface area contributed by atoms with Gasteiger partial charge in [-0.2, -0.15) is 0 Å². The summed E-state index contributed by atoms with van der Waals surface area (Å²) in [6.07, 6.45) is -1.06. The van der Waals surface area contributed by atoms with Gasteiger partial charge < -0.3 is 25.4 Å². The highest BCUT2D eigenvalue weighted by Crippen LogP contribution is 2.30. The van der Waals surface area contributed by atoms with E-state index in [0.29, 0.717) is 36.5 Å². The predicted octanol–water partition coefficient (Wildman–Crippen LogP) is 4.02. The number of likely N-dealkylation sites (tertiary alicyclic amines) is 1. The van der Waals surface area contributed by atoms with Crippen LogP contribution >= 0.6 is 0 Å². The second-order valence-corrected chi connectivity index (χ2v) is 8.69. The molecule has 206 valence electrons. The number of aromatic nitrogens is 4. The maximum atomic E-state index is 13.1. The Kier molecular flexibility index (Phi) is 6.94. The second kappa shape index (κ2) is 10.5. The number of carboxylic acids is 1. The molecule has 1 unspecified atom stereocenters. The fraction of sp³-hybridized carbons (Fsp3) is 0.200. The Balaban J connectivity index is 1.31. The van der Waals surface area contributed by atoms with Crippen LogP contribution in [0, 0.1) is 0 Å². The highest BCUT2D eigenvalue weighted by atomic mass is 19.4. The minimum absolute atomic E-state index is 0.0286. The number of halogens is 3. The number of para-hydroxylation sites is 2. The lowest BCUT2D eigenvalue weighted by molar-refractivity contribution is -0.274. The normalized spacial score (nSPS) is 15.2. The first-order valence-electron chi connectivity index (χ1n) is 11.9. The molecule has 2 aromatic heterocycles. The summed E-state index contributed by atoms with van der Waals surface area (Å²) >= 11 is 0. The Morgan fingerprint density at radius 1 is 1.02 bits per heavy atom. The molecule has 3 N–H and O–H groups in total. The second-order valence-electron chi connectivity index (χ2n) is 8.69. The van der Waals surface area contributed by atoms with Gasteiger partial charge >= 0.3 is 18.4 Å². The summed E-state index contributed by atoms with van der Waals surface area (Å²) in [5.41, 5.74) is 0.845. The van der Waals surface area contributed by atoms with E-state index in [1.54, 1.807) is 34.9 Å². The van der Waals surface area contributed by atoms with Gasteiger partial charge in [-0.15, -0.1) is 23.4 Å². The topological polar surface area (TPSA) is 151 Å². The molecule has 3 heterocycles. The van der Waals surface area contributed by atoms with Crippen LogP contribution in [-0.2, 0) is 4.79 Å². The number of fused-ring (bicyclic) bond motifs is 1. The molecule has 2 aromatic carbocycles. The summed E-state index contributed by atoms with van der Waals surface area (Å²) in [6.45, 7) is 0.294. The van der Waals surface area contributed by atoms with E-state index in [1.807, 2.05) is 0 Å². The van der Waals surface area contributed by atoms with E-state index in [1.165, 1.54) is 29.3 Å². The first-order chi connectivity index (χ1) is 19.1. The van der Waals surface area contributed by atoms with Crippen LogP contribution in [0.5, 0.6) is 5.75 Å². The van der Waals surface area contributed by atoms with Crippen LogP contribution < -0.4 is 15.4 Å². The largest absolute Gasteiger partial charge is 0.573 e. The Bertz CT molecular complexity index is 1590. The molecule has 15 heteroatoms. The molecule has 40 heavy (non-hydrogen) atoms. The maximum Gasteiger partial charge on any atom is 0.573 e. The van der Waals surface area contributed by atoms with Crippen LogP contribution in [0.2, 0.25) is 0 Å². The van der Waals surface area contributed by atoms with E-state index in [2.05, 4.69) is 30.6 Å². The summed E-state index contributed by atoms with van der Waals surface area (Å²) in [7, 11) is 0. The van der Waals surface area contributed by atoms with Crippen LogP contribution in [0.3, 0.4) is 0 Å². The minimum Gasteiger partial charge on any atom is -0.480 e. The number of benzene rings is 2. The van der Waals surface area contributed by atoms with E-state index in [-0.39, 0.29) is 17.0 Å². The first kappa shape index (κ1) is 26.4. The van der Waals surface area contributed by atoms with Gasteiger partial charge in [0.05, 0.1) is 5.69 Å². The minimum atomic E-state index is -4.92. The molecule has 5 rings (SSSR count). The van der Waals surface area contributed by atoms with Crippen LogP contribution in [0.4, 0.5) is 29.3 Å². The van der Waals surface area contributed by atoms with E-state index in [9.17, 15) is 32.7 Å². The zero-order valence-electron chi connectivity index (χ0n) is 20.4. The van der Waals surface area contributed by atoms with Gasteiger partial charge in [0.25, 0.3) is 5.91 Å². The van der Waals surface area contributed by atoms with Gasteiger partial charge in [0, 0.05) is 30.2 Å². The Morgan fingerprint density at radius 2 is 1.77 bits per heavy atom. The van der Waals surface area contributed by atoms with Crippen LogP contribution in [0.25, 0.3) is 17.0 Å². The standard InChI is InChI=1S/C25H20F3N7O5/c26-25(27,28)40-18-6-2-1-4-16(18)31-24(39)30-15-9-7-14(8-10-15)20-32-33-21-19(29-11-13-35(20)21)22(36)34-12-3-5-17(34)23(37)38/h1-2,4,6-11,13,17H,3,5,12H2,(H,37,38)(H2,30,31,39). The number of ether oxygens (including phenoxy) is 1. The van der Waals surface area contributed by atoms with Gasteiger partial charge in [-0.1, -0.05) is 12.1 Å². The van der Waals surface area contributed by atoms with Gasteiger partial charge in [0.1, 0.15) is 6.04 Å². The Hall–Kier alpha value is -5.21. The van der Waals surface area contributed by atoms with Gasteiger partial charge in [-0.05, 0) is 49.2 Å². The number of alkyl halides is 3. The summed E-state index contributed by atoms with van der Waals surface area (Å²) in [5, 5.41) is 22.5. The van der Waals surface area contributed by atoms with E-state index < -0.39 is 36.1 Å². The molecule has 1 atom stereocenters. The van der Waals surface area contributed by atoms with Crippen molar-refractivity contribution >= 4 is 34.9 Å². The molecule has 1 fully saturated rings. The lowest BCUT2D eigenvalue weighted by Crippen LogP contribution is -2.41. The number of carboxylic acid groups (broad SMARTS) is 1. The quantitative estimate of drug-likeness (QED) is 0.323. The SMILES string of the molecule is O=C(Nc1ccc(-c2nnc3c(C(=O)N4CCCC4C(=O)O)nccn23)cc1)Nc1ccccc1OC(F)(F)F. The zero-order valence-corrected chi connectivity index (χ0v) is 20.4. The number of anilines is 2. The summed E-state index contributed by atoms with van der Waals surface area (Å²) in [4.78, 5) is 42.4. The maximum absolute atomic E-state index is 13.1. The number of nitrogens with one attached hydrogen (secondary N) is 2. The molecule has 12 nitrogen and oxygen atoms in total. The summed E-state index contributed by atoms with van der Waals surface area (Å²) in [6, 6.07) is 9.72. The third-order valence-electron chi connectivity index (χ3n) is 6.09. The highest BCUT2D eigenvalue weighted by Gasteiger charge is 2.36.